The van der Waals surface area contributed by atoms with Gasteiger partial charge in [0.05, 0.1) is 0 Å². The Morgan fingerprint density at radius 2 is 0.700 bits per heavy atom. The average Bonchev–Trinajstić information content (AvgIpc) is 3.62. The Bertz CT molecular complexity index is 2690. The molecule has 4 aliphatic rings. The molecule has 0 saturated heterocycles. The van der Waals surface area contributed by atoms with Crippen LogP contribution < -0.4 is 32.8 Å². The van der Waals surface area contributed by atoms with Crippen molar-refractivity contribution in [3.63, 3.8) is 0 Å². The summed E-state index contributed by atoms with van der Waals surface area (Å²) in [6, 6.07) is 43.0. The molecule has 0 N–H and O–H groups in total. The third-order valence-electron chi connectivity index (χ3n) is 12.9. The Balaban J connectivity index is 1.36. The summed E-state index contributed by atoms with van der Waals surface area (Å²) in [6.07, 6.45) is 0. The second kappa shape index (κ2) is 8.62. The summed E-state index contributed by atoms with van der Waals surface area (Å²) < 4.78 is 0. The third-order valence-corrected chi connectivity index (χ3v) is 12.9. The molecule has 12 rings (SSSR count). The molecule has 0 fully saturated rings. The van der Waals surface area contributed by atoms with Crippen molar-refractivity contribution in [3.05, 3.63) is 120 Å². The molecule has 0 unspecified atom stereocenters. The van der Waals surface area contributed by atoms with E-state index in [1.165, 1.54) is 121 Å². The van der Waals surface area contributed by atoms with Gasteiger partial charge >= 0.3 is 0 Å². The first-order chi connectivity index (χ1) is 24.1. The minimum atomic E-state index is -0.0372. The number of hydrogen-bond acceptors (Lipinski definition) is 0. The van der Waals surface area contributed by atoms with Crippen molar-refractivity contribution in [1.82, 2.24) is 0 Å². The SMILES string of the molecule is CC(C)(C)c1cc2c3c(cc4c(C(C)(C)C)cc5c6c(cc1c3c46)B1c3ccccc3-c3cccc-5c31)B1c3ccccc3-c3cccc-2c31. The Morgan fingerprint density at radius 3 is 1.10 bits per heavy atom. The van der Waals surface area contributed by atoms with E-state index in [-0.39, 0.29) is 24.3 Å². The molecule has 0 radical (unpaired) electrons. The molecule has 0 nitrogen and oxygen atoms in total. The van der Waals surface area contributed by atoms with Crippen LogP contribution in [0, 0.1) is 0 Å². The highest BCUT2D eigenvalue weighted by atomic mass is 14.4. The molecule has 0 aliphatic carbocycles. The average molecular weight is 634 g/mol. The monoisotopic (exact) mass is 634 g/mol. The van der Waals surface area contributed by atoms with Gasteiger partial charge in [0.1, 0.15) is 0 Å². The van der Waals surface area contributed by atoms with Gasteiger partial charge in [-0.05, 0) is 111 Å². The van der Waals surface area contributed by atoms with E-state index in [9.17, 15) is 0 Å². The van der Waals surface area contributed by atoms with Crippen molar-refractivity contribution in [3.8, 4) is 44.5 Å². The maximum Gasteiger partial charge on any atom is 0.244 e. The highest BCUT2D eigenvalue weighted by Crippen LogP contribution is 2.50. The lowest BCUT2D eigenvalue weighted by Gasteiger charge is -2.35. The van der Waals surface area contributed by atoms with Crippen molar-refractivity contribution < 1.29 is 0 Å². The lowest BCUT2D eigenvalue weighted by molar-refractivity contribution is 0.595. The van der Waals surface area contributed by atoms with Gasteiger partial charge in [-0.3, -0.25) is 0 Å². The molecule has 8 aromatic carbocycles. The van der Waals surface area contributed by atoms with E-state index in [0.29, 0.717) is 0 Å². The molecular weight excluding hydrogens is 598 g/mol. The summed E-state index contributed by atoms with van der Waals surface area (Å²) in [6.45, 7) is 15.0. The van der Waals surface area contributed by atoms with Crippen molar-refractivity contribution in [2.75, 3.05) is 0 Å². The van der Waals surface area contributed by atoms with Gasteiger partial charge < -0.3 is 0 Å². The summed E-state index contributed by atoms with van der Waals surface area (Å²) in [5.74, 6) is 0. The smallest absolute Gasteiger partial charge is 0.0664 e. The first kappa shape index (κ1) is 27.7. The van der Waals surface area contributed by atoms with Crippen molar-refractivity contribution in [2.24, 2.45) is 0 Å². The van der Waals surface area contributed by atoms with Crippen LogP contribution in [-0.2, 0) is 10.8 Å². The molecule has 8 aromatic rings. The first-order valence-corrected chi connectivity index (χ1v) is 18.4. The summed E-state index contributed by atoms with van der Waals surface area (Å²) in [4.78, 5) is 0. The van der Waals surface area contributed by atoms with E-state index in [1.54, 1.807) is 0 Å². The van der Waals surface area contributed by atoms with Crippen LogP contribution in [0.3, 0.4) is 0 Å². The van der Waals surface area contributed by atoms with Crippen molar-refractivity contribution in [2.45, 2.75) is 52.4 Å². The van der Waals surface area contributed by atoms with E-state index in [2.05, 4.69) is 151 Å². The molecule has 50 heavy (non-hydrogen) atoms. The van der Waals surface area contributed by atoms with Gasteiger partial charge in [0.15, 0.2) is 0 Å². The standard InChI is InChI=1S/C48H36B2/c1-47(2,3)35-21-31-29-17-11-15-27-25-13-8-10-20-38(25)50(45(27)29)40-24-34-36(48(4,5)6)22-32-30-18-12-16-28-26-14-7-9-19-37(26)49(46(28)30)39-23-33(35)43(41(31)40)44(34)42(32)39/h7-24H,1-6H3. The molecular formula is C48H36B2. The predicted octanol–water partition coefficient (Wildman–Crippen LogP) is 8.13. The van der Waals surface area contributed by atoms with Gasteiger partial charge in [-0.15, -0.1) is 0 Å². The van der Waals surface area contributed by atoms with Gasteiger partial charge in [-0.1, -0.05) is 171 Å². The molecule has 0 saturated carbocycles. The lowest BCUT2D eigenvalue weighted by atomic mass is 9.34. The van der Waals surface area contributed by atoms with Gasteiger partial charge in [-0.2, -0.15) is 0 Å². The molecule has 234 valence electrons. The summed E-state index contributed by atoms with van der Waals surface area (Å²) >= 11 is 0. The second-order valence-corrected chi connectivity index (χ2v) is 17.5. The number of fused-ring (bicyclic) bond motifs is 10. The minimum absolute atomic E-state index is 0.0372. The second-order valence-electron chi connectivity index (χ2n) is 17.5. The Labute approximate surface area is 294 Å². The highest BCUT2D eigenvalue weighted by molar-refractivity contribution is 7.03. The van der Waals surface area contributed by atoms with E-state index < -0.39 is 0 Å². The fraction of sp³-hybridized carbons (Fsp3) is 0.167. The summed E-state index contributed by atoms with van der Waals surface area (Å²) in [5.41, 5.74) is 23.0. The van der Waals surface area contributed by atoms with Crippen LogP contribution in [0.5, 0.6) is 0 Å². The zero-order valence-corrected chi connectivity index (χ0v) is 29.5. The van der Waals surface area contributed by atoms with Crippen LogP contribution in [0.4, 0.5) is 0 Å². The molecule has 4 aliphatic heterocycles. The predicted molar refractivity (Wildman–Crippen MR) is 219 cm³/mol. The van der Waals surface area contributed by atoms with Crippen LogP contribution in [0.25, 0.3) is 76.8 Å². The number of benzene rings is 8. The highest BCUT2D eigenvalue weighted by Gasteiger charge is 2.44. The minimum Gasteiger partial charge on any atom is -0.0664 e. The van der Waals surface area contributed by atoms with Gasteiger partial charge in [-0.25, -0.2) is 0 Å². The first-order valence-electron chi connectivity index (χ1n) is 18.4. The van der Waals surface area contributed by atoms with E-state index in [0.717, 1.165) is 0 Å². The lowest BCUT2D eigenvalue weighted by Crippen LogP contribution is -2.53. The topological polar surface area (TPSA) is 0 Å². The molecule has 2 heteroatoms. The van der Waals surface area contributed by atoms with Gasteiger partial charge in [0, 0.05) is 0 Å². The Kier molecular flexibility index (Phi) is 4.78. The van der Waals surface area contributed by atoms with Crippen molar-refractivity contribution in [1.29, 1.82) is 0 Å². The van der Waals surface area contributed by atoms with Gasteiger partial charge in [0.25, 0.3) is 0 Å². The quantitative estimate of drug-likeness (QED) is 0.117. The third kappa shape index (κ3) is 3.06. The van der Waals surface area contributed by atoms with E-state index >= 15 is 0 Å². The van der Waals surface area contributed by atoms with E-state index in [1.807, 2.05) is 0 Å². The van der Waals surface area contributed by atoms with Crippen LogP contribution >= 0.6 is 0 Å². The maximum atomic E-state index is 2.66. The Morgan fingerprint density at radius 1 is 0.340 bits per heavy atom. The molecule has 0 atom stereocenters. The molecule has 0 aromatic heterocycles. The molecule has 4 heterocycles. The van der Waals surface area contributed by atoms with E-state index in [4.69, 9.17) is 0 Å². The number of hydrogen-bond donors (Lipinski definition) is 0. The fourth-order valence-corrected chi connectivity index (χ4v) is 11.0. The van der Waals surface area contributed by atoms with Crippen LogP contribution in [0.15, 0.2) is 109 Å². The Hall–Kier alpha value is -5.07. The normalized spacial score (nSPS) is 14.5. The maximum absolute atomic E-state index is 2.66. The van der Waals surface area contributed by atoms with Crippen molar-refractivity contribution >= 4 is 78.5 Å². The van der Waals surface area contributed by atoms with Gasteiger partial charge in [0.2, 0.25) is 13.4 Å². The van der Waals surface area contributed by atoms with Crippen LogP contribution in [0.1, 0.15) is 52.7 Å². The molecule has 0 amide bonds. The summed E-state index contributed by atoms with van der Waals surface area (Å²) in [5, 5.41) is 8.80. The van der Waals surface area contributed by atoms with Crippen LogP contribution in [-0.4, -0.2) is 13.4 Å². The number of rotatable bonds is 0. The largest absolute Gasteiger partial charge is 0.244 e. The van der Waals surface area contributed by atoms with Crippen LogP contribution in [0.2, 0.25) is 0 Å². The zero-order valence-electron chi connectivity index (χ0n) is 29.5. The molecule has 0 spiro atoms. The molecule has 0 bridgehead atoms. The zero-order chi connectivity index (χ0) is 33.6. The fourth-order valence-electron chi connectivity index (χ4n) is 11.0. The summed E-state index contributed by atoms with van der Waals surface area (Å²) in [7, 11) is 0.